The van der Waals surface area contributed by atoms with Crippen molar-refractivity contribution < 1.29 is 14.3 Å². The highest BCUT2D eigenvalue weighted by atomic mass is 16.5. The molecule has 23 heavy (non-hydrogen) atoms. The summed E-state index contributed by atoms with van der Waals surface area (Å²) in [6, 6.07) is 0.489. The molecule has 1 saturated heterocycles. The summed E-state index contributed by atoms with van der Waals surface area (Å²) in [6.45, 7) is 6.40. The smallest absolute Gasteiger partial charge is 0.236 e. The van der Waals surface area contributed by atoms with Gasteiger partial charge in [-0.15, -0.1) is 0 Å². The fraction of sp³-hybridized carbons (Fsp3) is 0.882. The van der Waals surface area contributed by atoms with Crippen molar-refractivity contribution in [2.45, 2.75) is 45.1 Å². The fourth-order valence-electron chi connectivity index (χ4n) is 3.23. The first kappa shape index (κ1) is 18.2. The summed E-state index contributed by atoms with van der Waals surface area (Å²) in [6.07, 6.45) is 4.86. The van der Waals surface area contributed by atoms with Crippen molar-refractivity contribution in [3.8, 4) is 0 Å². The van der Waals surface area contributed by atoms with Crippen LogP contribution in [0.4, 0.5) is 0 Å². The molecule has 6 heteroatoms. The van der Waals surface area contributed by atoms with Crippen molar-refractivity contribution in [2.24, 2.45) is 5.92 Å². The maximum absolute atomic E-state index is 12.3. The Morgan fingerprint density at radius 1 is 1.22 bits per heavy atom. The molecule has 2 fully saturated rings. The lowest BCUT2D eigenvalue weighted by atomic mass is 9.96. The van der Waals surface area contributed by atoms with E-state index in [-0.39, 0.29) is 17.7 Å². The number of piperidine rings is 1. The largest absolute Gasteiger partial charge is 0.385 e. The third-order valence-electron chi connectivity index (χ3n) is 4.79. The fourth-order valence-corrected chi connectivity index (χ4v) is 3.23. The number of methoxy groups -OCH3 is 1. The SMILES string of the molecule is CCN(C(=O)CN1CCC(C(=O)NCCCOC)CC1)C1CC1. The van der Waals surface area contributed by atoms with E-state index in [4.69, 9.17) is 4.74 Å². The van der Waals surface area contributed by atoms with Crippen LogP contribution in [0.1, 0.15) is 39.0 Å². The van der Waals surface area contributed by atoms with Crippen LogP contribution in [0.3, 0.4) is 0 Å². The molecule has 0 aromatic carbocycles. The van der Waals surface area contributed by atoms with Gasteiger partial charge in [0.2, 0.25) is 11.8 Å². The van der Waals surface area contributed by atoms with Gasteiger partial charge in [0.15, 0.2) is 0 Å². The Bertz CT molecular complexity index is 391. The topological polar surface area (TPSA) is 61.9 Å². The standard InChI is InChI=1S/C17H31N3O3/c1-3-20(15-5-6-15)16(21)13-19-10-7-14(8-11-19)17(22)18-9-4-12-23-2/h14-15H,3-13H2,1-2H3,(H,18,22). The molecular weight excluding hydrogens is 294 g/mol. The van der Waals surface area contributed by atoms with Crippen LogP contribution in [0.15, 0.2) is 0 Å². The van der Waals surface area contributed by atoms with E-state index >= 15 is 0 Å². The minimum Gasteiger partial charge on any atom is -0.385 e. The quantitative estimate of drug-likeness (QED) is 0.639. The lowest BCUT2D eigenvalue weighted by Gasteiger charge is -2.32. The van der Waals surface area contributed by atoms with Gasteiger partial charge in [-0.3, -0.25) is 14.5 Å². The van der Waals surface area contributed by atoms with Crippen molar-refractivity contribution in [3.63, 3.8) is 0 Å². The Balaban J connectivity index is 1.65. The van der Waals surface area contributed by atoms with Gasteiger partial charge in [0.05, 0.1) is 6.54 Å². The minimum atomic E-state index is 0.0922. The van der Waals surface area contributed by atoms with E-state index in [0.717, 1.165) is 51.7 Å². The number of ether oxygens (including phenoxy) is 1. The summed E-state index contributed by atoms with van der Waals surface area (Å²) in [7, 11) is 1.67. The molecule has 6 nitrogen and oxygen atoms in total. The number of nitrogens with zero attached hydrogens (tertiary/aromatic N) is 2. The molecule has 132 valence electrons. The second kappa shape index (κ2) is 9.23. The molecule has 1 saturated carbocycles. The maximum atomic E-state index is 12.3. The molecule has 0 unspecified atom stereocenters. The molecule has 2 aliphatic rings. The first-order valence-corrected chi connectivity index (χ1v) is 8.94. The normalized spacial score (nSPS) is 19.6. The van der Waals surface area contributed by atoms with Crippen LogP contribution in [0.5, 0.6) is 0 Å². The highest BCUT2D eigenvalue weighted by Crippen LogP contribution is 2.27. The molecule has 1 heterocycles. The van der Waals surface area contributed by atoms with E-state index in [0.29, 0.717) is 25.7 Å². The van der Waals surface area contributed by atoms with Crippen LogP contribution in [-0.2, 0) is 14.3 Å². The number of likely N-dealkylation sites (N-methyl/N-ethyl adjacent to an activating group) is 1. The average molecular weight is 325 g/mol. The third kappa shape index (κ3) is 5.77. The van der Waals surface area contributed by atoms with Crippen LogP contribution in [-0.4, -0.2) is 74.1 Å². The second-order valence-corrected chi connectivity index (χ2v) is 6.60. The van der Waals surface area contributed by atoms with E-state index in [9.17, 15) is 9.59 Å². The van der Waals surface area contributed by atoms with Crippen LogP contribution in [0, 0.1) is 5.92 Å². The van der Waals surface area contributed by atoms with Gasteiger partial charge in [0, 0.05) is 38.8 Å². The van der Waals surface area contributed by atoms with Gasteiger partial charge in [-0.2, -0.15) is 0 Å². The molecule has 2 rings (SSSR count). The summed E-state index contributed by atoms with van der Waals surface area (Å²) in [5.74, 6) is 0.493. The summed E-state index contributed by atoms with van der Waals surface area (Å²) in [5.41, 5.74) is 0. The second-order valence-electron chi connectivity index (χ2n) is 6.60. The molecule has 0 aromatic heterocycles. The Morgan fingerprint density at radius 3 is 2.48 bits per heavy atom. The summed E-state index contributed by atoms with van der Waals surface area (Å²) >= 11 is 0. The summed E-state index contributed by atoms with van der Waals surface area (Å²) < 4.78 is 4.98. The molecule has 0 spiro atoms. The zero-order chi connectivity index (χ0) is 16.7. The van der Waals surface area contributed by atoms with Crippen LogP contribution < -0.4 is 5.32 Å². The van der Waals surface area contributed by atoms with Gasteiger partial charge >= 0.3 is 0 Å². The van der Waals surface area contributed by atoms with Crippen molar-refractivity contribution in [1.82, 2.24) is 15.1 Å². The average Bonchev–Trinajstić information content (AvgIpc) is 3.37. The lowest BCUT2D eigenvalue weighted by Crippen LogP contribution is -2.46. The van der Waals surface area contributed by atoms with Crippen LogP contribution in [0.25, 0.3) is 0 Å². The Labute approximate surface area is 139 Å². The van der Waals surface area contributed by atoms with Crippen molar-refractivity contribution in [1.29, 1.82) is 0 Å². The Morgan fingerprint density at radius 2 is 1.91 bits per heavy atom. The number of hydrogen-bond donors (Lipinski definition) is 1. The van der Waals surface area contributed by atoms with Gasteiger partial charge in [-0.05, 0) is 52.1 Å². The first-order chi connectivity index (χ1) is 11.2. The zero-order valence-corrected chi connectivity index (χ0v) is 14.6. The van der Waals surface area contributed by atoms with Gasteiger partial charge < -0.3 is 15.0 Å². The third-order valence-corrected chi connectivity index (χ3v) is 4.79. The van der Waals surface area contributed by atoms with E-state index in [1.807, 2.05) is 4.90 Å². The number of nitrogens with one attached hydrogen (secondary N) is 1. The highest BCUT2D eigenvalue weighted by molar-refractivity contribution is 5.80. The molecule has 1 aliphatic heterocycles. The Kier molecular flexibility index (Phi) is 7.30. The molecule has 0 aromatic rings. The van der Waals surface area contributed by atoms with Gasteiger partial charge in [-0.25, -0.2) is 0 Å². The number of carbonyl (C=O) groups is 2. The number of likely N-dealkylation sites (tertiary alicyclic amines) is 1. The van der Waals surface area contributed by atoms with Crippen LogP contribution in [0.2, 0.25) is 0 Å². The van der Waals surface area contributed by atoms with Crippen molar-refractivity contribution in [2.75, 3.05) is 46.4 Å². The zero-order valence-electron chi connectivity index (χ0n) is 14.6. The minimum absolute atomic E-state index is 0.0922. The van der Waals surface area contributed by atoms with E-state index < -0.39 is 0 Å². The number of carbonyl (C=O) groups excluding carboxylic acids is 2. The predicted octanol–water partition coefficient (Wildman–Crippen LogP) is 0.862. The molecule has 1 N–H and O–H groups in total. The van der Waals surface area contributed by atoms with E-state index in [1.54, 1.807) is 7.11 Å². The molecular formula is C17H31N3O3. The molecule has 0 atom stereocenters. The predicted molar refractivity (Wildman–Crippen MR) is 89.1 cm³/mol. The summed E-state index contributed by atoms with van der Waals surface area (Å²) in [5, 5.41) is 2.98. The lowest BCUT2D eigenvalue weighted by molar-refractivity contribution is -0.133. The maximum Gasteiger partial charge on any atom is 0.236 e. The van der Waals surface area contributed by atoms with Gasteiger partial charge in [0.25, 0.3) is 0 Å². The molecule has 0 radical (unpaired) electrons. The van der Waals surface area contributed by atoms with E-state index in [1.165, 1.54) is 0 Å². The highest BCUT2D eigenvalue weighted by Gasteiger charge is 2.33. The molecule has 1 aliphatic carbocycles. The molecule has 0 bridgehead atoms. The monoisotopic (exact) mass is 325 g/mol. The van der Waals surface area contributed by atoms with Crippen molar-refractivity contribution in [3.05, 3.63) is 0 Å². The molecule has 2 amide bonds. The number of hydrogen-bond acceptors (Lipinski definition) is 4. The number of rotatable bonds is 9. The van der Waals surface area contributed by atoms with Crippen molar-refractivity contribution >= 4 is 11.8 Å². The van der Waals surface area contributed by atoms with Gasteiger partial charge in [-0.1, -0.05) is 0 Å². The van der Waals surface area contributed by atoms with Crippen LogP contribution >= 0.6 is 0 Å². The number of amides is 2. The first-order valence-electron chi connectivity index (χ1n) is 8.94. The Hall–Kier alpha value is -1.14. The van der Waals surface area contributed by atoms with Gasteiger partial charge in [0.1, 0.15) is 0 Å². The summed E-state index contributed by atoms with van der Waals surface area (Å²) in [4.78, 5) is 28.6. The van der Waals surface area contributed by atoms with E-state index in [2.05, 4.69) is 17.1 Å².